The largest absolute Gasteiger partial charge is 0.444 e. The third-order valence-corrected chi connectivity index (χ3v) is 7.47. The molecule has 1 amide bonds. The number of anilines is 1. The van der Waals surface area contributed by atoms with Crippen LogP contribution in [0.15, 0.2) is 47.8 Å². The summed E-state index contributed by atoms with van der Waals surface area (Å²) in [6.45, 7) is 10.5. The van der Waals surface area contributed by atoms with Gasteiger partial charge >= 0.3 is 6.09 Å². The molecule has 0 aliphatic carbocycles. The Kier molecular flexibility index (Phi) is 6.05. The number of likely N-dealkylation sites (tertiary alicyclic amines) is 1. The molecule has 1 unspecified atom stereocenters. The van der Waals surface area contributed by atoms with Crippen LogP contribution >= 0.6 is 0 Å². The second kappa shape index (κ2) is 8.57. The standard InChI is InChI=1S/C24H31N5O4S/c1-17-7-9-18(10-8-17)34(31,32)29-14-11-19-20(25-16-26-21(19)29)27-24(5)12-6-13-28(15-24)22(30)33-23(2,3)4/h7-11,14,16H,6,12-13,15H2,1-5H3,(H,25,26,27). The molecule has 0 saturated carbocycles. The fourth-order valence-corrected chi connectivity index (χ4v) is 5.46. The molecular weight excluding hydrogens is 454 g/mol. The summed E-state index contributed by atoms with van der Waals surface area (Å²) in [6.07, 6.45) is 4.13. The fraction of sp³-hybridized carbons (Fsp3) is 0.458. The summed E-state index contributed by atoms with van der Waals surface area (Å²) in [5, 5.41) is 4.04. The summed E-state index contributed by atoms with van der Waals surface area (Å²) >= 11 is 0. The van der Waals surface area contributed by atoms with E-state index in [9.17, 15) is 13.2 Å². The number of rotatable bonds is 4. The van der Waals surface area contributed by atoms with Crippen molar-refractivity contribution in [1.82, 2.24) is 18.8 Å². The number of hydrogen-bond donors (Lipinski definition) is 1. The van der Waals surface area contributed by atoms with E-state index in [-0.39, 0.29) is 11.0 Å². The van der Waals surface area contributed by atoms with Gasteiger partial charge in [0.25, 0.3) is 10.0 Å². The van der Waals surface area contributed by atoms with Gasteiger partial charge in [0.05, 0.1) is 15.8 Å². The summed E-state index contributed by atoms with van der Waals surface area (Å²) < 4.78 is 33.2. The molecule has 1 N–H and O–H groups in total. The van der Waals surface area contributed by atoms with E-state index in [0.29, 0.717) is 29.9 Å². The van der Waals surface area contributed by atoms with Gasteiger partial charge < -0.3 is 15.0 Å². The highest BCUT2D eigenvalue weighted by Crippen LogP contribution is 2.30. The second-order valence-electron chi connectivity index (χ2n) is 10.1. The first kappa shape index (κ1) is 24.0. The molecule has 1 fully saturated rings. The Balaban J connectivity index is 1.62. The van der Waals surface area contributed by atoms with E-state index < -0.39 is 21.2 Å². The first-order valence-corrected chi connectivity index (χ1v) is 12.7. The van der Waals surface area contributed by atoms with E-state index in [4.69, 9.17) is 4.74 Å². The summed E-state index contributed by atoms with van der Waals surface area (Å²) in [6, 6.07) is 8.40. The number of aryl methyl sites for hydroxylation is 1. The van der Waals surface area contributed by atoms with Gasteiger partial charge in [-0.3, -0.25) is 0 Å². The van der Waals surface area contributed by atoms with Crippen molar-refractivity contribution in [3.8, 4) is 0 Å². The molecule has 3 heterocycles. The van der Waals surface area contributed by atoms with E-state index in [2.05, 4.69) is 15.3 Å². The Morgan fingerprint density at radius 3 is 2.53 bits per heavy atom. The molecule has 0 spiro atoms. The van der Waals surface area contributed by atoms with Crippen LogP contribution in [0.25, 0.3) is 11.0 Å². The maximum absolute atomic E-state index is 13.2. The average molecular weight is 486 g/mol. The van der Waals surface area contributed by atoms with Gasteiger partial charge in [0.1, 0.15) is 17.7 Å². The van der Waals surface area contributed by atoms with Crippen LogP contribution in [0.3, 0.4) is 0 Å². The van der Waals surface area contributed by atoms with Gasteiger partial charge in [-0.2, -0.15) is 0 Å². The van der Waals surface area contributed by atoms with Gasteiger partial charge in [0.15, 0.2) is 5.65 Å². The topological polar surface area (TPSA) is 106 Å². The quantitative estimate of drug-likeness (QED) is 0.591. The SMILES string of the molecule is Cc1ccc(S(=O)(=O)n2ccc3c(NC4(C)CCCN(C(=O)OC(C)(C)C)C4)ncnc32)cc1. The van der Waals surface area contributed by atoms with Crippen LogP contribution in [0.5, 0.6) is 0 Å². The van der Waals surface area contributed by atoms with Crippen molar-refractivity contribution < 1.29 is 17.9 Å². The summed E-state index contributed by atoms with van der Waals surface area (Å²) in [5.74, 6) is 0.524. The van der Waals surface area contributed by atoms with Crippen molar-refractivity contribution in [2.75, 3.05) is 18.4 Å². The van der Waals surface area contributed by atoms with Crippen LogP contribution in [0.1, 0.15) is 46.1 Å². The van der Waals surface area contributed by atoms with E-state index in [1.807, 2.05) is 34.6 Å². The zero-order valence-electron chi connectivity index (χ0n) is 20.2. The van der Waals surface area contributed by atoms with Crippen molar-refractivity contribution in [1.29, 1.82) is 0 Å². The lowest BCUT2D eigenvalue weighted by Gasteiger charge is -2.41. The third-order valence-electron chi connectivity index (χ3n) is 5.79. The van der Waals surface area contributed by atoms with Gasteiger partial charge in [0, 0.05) is 19.3 Å². The minimum atomic E-state index is -3.81. The summed E-state index contributed by atoms with van der Waals surface area (Å²) in [4.78, 5) is 23.2. The number of amides is 1. The molecule has 1 aromatic carbocycles. The molecule has 1 aliphatic heterocycles. The average Bonchev–Trinajstić information content (AvgIpc) is 3.19. The number of aromatic nitrogens is 3. The van der Waals surface area contributed by atoms with Crippen LogP contribution in [0, 0.1) is 6.92 Å². The Morgan fingerprint density at radius 2 is 1.85 bits per heavy atom. The first-order chi connectivity index (χ1) is 15.9. The van der Waals surface area contributed by atoms with Crippen LogP contribution in [-0.2, 0) is 14.8 Å². The van der Waals surface area contributed by atoms with E-state index in [1.54, 1.807) is 35.2 Å². The van der Waals surface area contributed by atoms with Crippen LogP contribution < -0.4 is 5.32 Å². The number of carbonyl (C=O) groups is 1. The number of benzene rings is 1. The maximum atomic E-state index is 13.2. The highest BCUT2D eigenvalue weighted by molar-refractivity contribution is 7.90. The van der Waals surface area contributed by atoms with Gasteiger partial charge in [0.2, 0.25) is 0 Å². The summed E-state index contributed by atoms with van der Waals surface area (Å²) in [5.41, 5.74) is 0.241. The Hall–Kier alpha value is -3.14. The molecule has 1 atom stereocenters. The number of hydrogen-bond acceptors (Lipinski definition) is 7. The highest BCUT2D eigenvalue weighted by Gasteiger charge is 2.36. The zero-order valence-corrected chi connectivity index (χ0v) is 21.0. The van der Waals surface area contributed by atoms with Crippen molar-refractivity contribution in [2.45, 2.75) is 63.5 Å². The molecule has 182 valence electrons. The first-order valence-electron chi connectivity index (χ1n) is 11.3. The predicted octanol–water partition coefficient (Wildman–Crippen LogP) is 4.18. The van der Waals surface area contributed by atoms with E-state index >= 15 is 0 Å². The van der Waals surface area contributed by atoms with Crippen LogP contribution in [0.4, 0.5) is 10.6 Å². The zero-order chi connectivity index (χ0) is 24.7. The van der Waals surface area contributed by atoms with Crippen molar-refractivity contribution in [3.05, 3.63) is 48.4 Å². The summed E-state index contributed by atoms with van der Waals surface area (Å²) in [7, 11) is -3.81. The molecule has 4 rings (SSSR count). The number of ether oxygens (including phenoxy) is 1. The number of nitrogens with zero attached hydrogens (tertiary/aromatic N) is 4. The normalized spacial score (nSPS) is 19.3. The van der Waals surface area contributed by atoms with Gasteiger partial charge in [-0.25, -0.2) is 27.2 Å². The van der Waals surface area contributed by atoms with Crippen molar-refractivity contribution >= 4 is 33.0 Å². The lowest BCUT2D eigenvalue weighted by molar-refractivity contribution is 0.0164. The number of piperidine rings is 1. The third kappa shape index (κ3) is 4.86. The molecule has 3 aromatic rings. The predicted molar refractivity (Wildman–Crippen MR) is 130 cm³/mol. The number of nitrogens with one attached hydrogen (secondary N) is 1. The Labute approximate surface area is 200 Å². The van der Waals surface area contributed by atoms with Crippen LogP contribution in [-0.4, -0.2) is 57.6 Å². The lowest BCUT2D eigenvalue weighted by atomic mass is 9.91. The minimum Gasteiger partial charge on any atom is -0.444 e. The monoisotopic (exact) mass is 485 g/mol. The highest BCUT2D eigenvalue weighted by atomic mass is 32.2. The van der Waals surface area contributed by atoms with Crippen molar-refractivity contribution in [2.24, 2.45) is 0 Å². The van der Waals surface area contributed by atoms with Gasteiger partial charge in [-0.1, -0.05) is 17.7 Å². The molecule has 1 saturated heterocycles. The lowest BCUT2D eigenvalue weighted by Crippen LogP contribution is -2.53. The van der Waals surface area contributed by atoms with Gasteiger partial charge in [-0.05, 0) is 65.7 Å². The molecule has 1 aliphatic rings. The molecule has 0 radical (unpaired) electrons. The van der Waals surface area contributed by atoms with E-state index in [1.165, 1.54) is 16.5 Å². The Morgan fingerprint density at radius 1 is 1.15 bits per heavy atom. The van der Waals surface area contributed by atoms with E-state index in [0.717, 1.165) is 18.4 Å². The molecule has 2 aromatic heterocycles. The Bertz CT molecular complexity index is 1310. The molecule has 0 bridgehead atoms. The number of carbonyl (C=O) groups excluding carboxylic acids is 1. The maximum Gasteiger partial charge on any atom is 0.410 e. The van der Waals surface area contributed by atoms with Gasteiger partial charge in [-0.15, -0.1) is 0 Å². The molecule has 34 heavy (non-hydrogen) atoms. The number of fused-ring (bicyclic) bond motifs is 1. The molecule has 9 nitrogen and oxygen atoms in total. The smallest absolute Gasteiger partial charge is 0.410 e. The van der Waals surface area contributed by atoms with Crippen molar-refractivity contribution in [3.63, 3.8) is 0 Å². The fourth-order valence-electron chi connectivity index (χ4n) is 4.16. The molecular formula is C24H31N5O4S. The second-order valence-corrected chi connectivity index (χ2v) is 11.9. The minimum absolute atomic E-state index is 0.191. The van der Waals surface area contributed by atoms with Crippen LogP contribution in [0.2, 0.25) is 0 Å². The molecule has 10 heteroatoms.